The number of carbonyl (C=O) groups is 1. The summed E-state index contributed by atoms with van der Waals surface area (Å²) in [6.07, 6.45) is 3.78. The number of rotatable bonds is 3. The zero-order valence-electron chi connectivity index (χ0n) is 6.37. The van der Waals surface area contributed by atoms with Crippen LogP contribution in [0.4, 0.5) is 0 Å². The van der Waals surface area contributed by atoms with Gasteiger partial charge in [0.2, 0.25) is 0 Å². The zero-order valence-corrected chi connectivity index (χ0v) is 6.37. The fourth-order valence-electron chi connectivity index (χ4n) is 0.777. The van der Waals surface area contributed by atoms with Gasteiger partial charge in [-0.1, -0.05) is 0 Å². The van der Waals surface area contributed by atoms with Gasteiger partial charge in [0, 0.05) is 18.3 Å². The second-order valence-corrected chi connectivity index (χ2v) is 2.50. The first-order chi connectivity index (χ1) is 5.20. The number of aromatic nitrogens is 2. The Morgan fingerprint density at radius 3 is 3.09 bits per heavy atom. The van der Waals surface area contributed by atoms with Gasteiger partial charge in [0.25, 0.3) is 0 Å². The fourth-order valence-corrected chi connectivity index (χ4v) is 0.777. The number of ketones is 1. The molecular formula is C7H11N3O. The third-order valence-corrected chi connectivity index (χ3v) is 1.52. The molecule has 4 nitrogen and oxygen atoms in total. The van der Waals surface area contributed by atoms with Gasteiger partial charge in [-0.15, -0.1) is 0 Å². The van der Waals surface area contributed by atoms with E-state index in [-0.39, 0.29) is 5.78 Å². The van der Waals surface area contributed by atoms with Gasteiger partial charge in [-0.3, -0.25) is 4.79 Å². The minimum Gasteiger partial charge on any atom is -0.348 e. The van der Waals surface area contributed by atoms with Crippen molar-refractivity contribution < 1.29 is 4.79 Å². The summed E-state index contributed by atoms with van der Waals surface area (Å²) in [7, 11) is 0. The molecule has 1 heterocycles. The molecule has 1 aromatic heterocycles. The number of nitrogens with two attached hydrogens (primary N) is 1. The summed E-state index contributed by atoms with van der Waals surface area (Å²) >= 11 is 0. The lowest BCUT2D eigenvalue weighted by molar-refractivity contribution is -0.118. The van der Waals surface area contributed by atoms with Gasteiger partial charge in [-0.2, -0.15) is 0 Å². The second kappa shape index (κ2) is 3.30. The van der Waals surface area contributed by atoms with Gasteiger partial charge < -0.3 is 10.7 Å². The number of hydrogen-bond acceptors (Lipinski definition) is 3. The molecule has 3 N–H and O–H groups in total. The number of hydrogen-bond donors (Lipinski definition) is 2. The van der Waals surface area contributed by atoms with Crippen LogP contribution in [0, 0.1) is 0 Å². The monoisotopic (exact) mass is 153 g/mol. The minimum absolute atomic E-state index is 0.000370. The highest BCUT2D eigenvalue weighted by Gasteiger charge is 2.08. The summed E-state index contributed by atoms with van der Waals surface area (Å²) in [6.45, 7) is 1.49. The molecule has 1 aromatic rings. The standard InChI is InChI=1S/C7H11N3O/c1-5(11)7(8)2-6-3-9-4-10-6/h3-4,7H,2,8H2,1H3,(H,9,10)/t7-/m1/s1. The lowest BCUT2D eigenvalue weighted by atomic mass is 10.1. The quantitative estimate of drug-likeness (QED) is 0.635. The maximum absolute atomic E-state index is 10.7. The predicted molar refractivity (Wildman–Crippen MR) is 40.9 cm³/mol. The summed E-state index contributed by atoms with van der Waals surface area (Å²) in [4.78, 5) is 17.4. The molecule has 1 rings (SSSR count). The maximum atomic E-state index is 10.7. The van der Waals surface area contributed by atoms with Crippen molar-refractivity contribution >= 4 is 5.78 Å². The van der Waals surface area contributed by atoms with Crippen molar-refractivity contribution in [1.29, 1.82) is 0 Å². The van der Waals surface area contributed by atoms with E-state index >= 15 is 0 Å². The molecule has 0 unspecified atom stereocenters. The average molecular weight is 153 g/mol. The Balaban J connectivity index is 2.50. The van der Waals surface area contributed by atoms with Crippen LogP contribution in [-0.2, 0) is 11.2 Å². The number of imidazole rings is 1. The summed E-state index contributed by atoms with van der Waals surface area (Å²) in [6, 6.07) is -0.407. The molecule has 0 amide bonds. The lowest BCUT2D eigenvalue weighted by Gasteiger charge is -2.03. The summed E-state index contributed by atoms with van der Waals surface area (Å²) < 4.78 is 0. The van der Waals surface area contributed by atoms with Crippen molar-refractivity contribution in [3.8, 4) is 0 Å². The molecule has 0 fully saturated rings. The number of Topliss-reactive ketones (excluding diaryl/α,β-unsaturated/α-hetero) is 1. The van der Waals surface area contributed by atoms with Crippen LogP contribution in [0.5, 0.6) is 0 Å². The number of aromatic amines is 1. The van der Waals surface area contributed by atoms with Gasteiger partial charge in [-0.25, -0.2) is 4.98 Å². The van der Waals surface area contributed by atoms with Gasteiger partial charge in [0.1, 0.15) is 5.78 Å². The van der Waals surface area contributed by atoms with E-state index in [1.54, 1.807) is 12.5 Å². The van der Waals surface area contributed by atoms with E-state index < -0.39 is 6.04 Å². The van der Waals surface area contributed by atoms with Crippen LogP contribution in [-0.4, -0.2) is 21.8 Å². The molecule has 0 aliphatic carbocycles. The molecule has 0 saturated carbocycles. The number of nitrogens with one attached hydrogen (secondary N) is 1. The Labute approximate surface area is 64.8 Å². The third-order valence-electron chi connectivity index (χ3n) is 1.52. The SMILES string of the molecule is CC(=O)[C@H](N)Cc1cnc[nH]1. The summed E-state index contributed by atoms with van der Waals surface area (Å²) in [5.41, 5.74) is 6.41. The second-order valence-electron chi connectivity index (χ2n) is 2.50. The van der Waals surface area contributed by atoms with E-state index in [0.717, 1.165) is 5.69 Å². The molecule has 60 valence electrons. The molecule has 1 atom stereocenters. The normalized spacial score (nSPS) is 12.9. The number of nitrogens with zero attached hydrogens (tertiary/aromatic N) is 1. The highest BCUT2D eigenvalue weighted by Crippen LogP contribution is 1.96. The molecule has 0 aliphatic heterocycles. The highest BCUT2D eigenvalue weighted by atomic mass is 16.1. The van der Waals surface area contributed by atoms with E-state index in [1.165, 1.54) is 6.92 Å². The van der Waals surface area contributed by atoms with Crippen molar-refractivity contribution in [2.24, 2.45) is 5.73 Å². The molecule has 0 saturated heterocycles. The van der Waals surface area contributed by atoms with E-state index in [2.05, 4.69) is 9.97 Å². The molecular weight excluding hydrogens is 142 g/mol. The Hall–Kier alpha value is -1.16. The fraction of sp³-hybridized carbons (Fsp3) is 0.429. The van der Waals surface area contributed by atoms with E-state index in [1.807, 2.05) is 0 Å². The van der Waals surface area contributed by atoms with Gasteiger partial charge >= 0.3 is 0 Å². The topological polar surface area (TPSA) is 71.8 Å². The zero-order chi connectivity index (χ0) is 8.27. The summed E-state index contributed by atoms with van der Waals surface area (Å²) in [5, 5.41) is 0. The van der Waals surface area contributed by atoms with Crippen molar-refractivity contribution in [3.63, 3.8) is 0 Å². The summed E-state index contributed by atoms with van der Waals surface area (Å²) in [5.74, 6) is -0.000370. The van der Waals surface area contributed by atoms with Crippen molar-refractivity contribution in [1.82, 2.24) is 9.97 Å². The average Bonchev–Trinajstić information content (AvgIpc) is 2.39. The van der Waals surface area contributed by atoms with E-state index in [0.29, 0.717) is 6.42 Å². The van der Waals surface area contributed by atoms with E-state index in [9.17, 15) is 4.79 Å². The van der Waals surface area contributed by atoms with Crippen LogP contribution >= 0.6 is 0 Å². The Morgan fingerprint density at radius 1 is 1.91 bits per heavy atom. The third kappa shape index (κ3) is 2.16. The number of carbonyl (C=O) groups excluding carboxylic acids is 1. The molecule has 0 aliphatic rings. The predicted octanol–water partition coefficient (Wildman–Crippen LogP) is -0.132. The van der Waals surface area contributed by atoms with Crippen LogP contribution in [0.15, 0.2) is 12.5 Å². The first-order valence-corrected chi connectivity index (χ1v) is 3.43. The van der Waals surface area contributed by atoms with Crippen LogP contribution < -0.4 is 5.73 Å². The molecule has 0 radical (unpaired) electrons. The first kappa shape index (κ1) is 7.94. The minimum atomic E-state index is -0.407. The van der Waals surface area contributed by atoms with Crippen LogP contribution in [0.1, 0.15) is 12.6 Å². The van der Waals surface area contributed by atoms with Crippen LogP contribution in [0.25, 0.3) is 0 Å². The largest absolute Gasteiger partial charge is 0.348 e. The highest BCUT2D eigenvalue weighted by molar-refractivity contribution is 5.81. The van der Waals surface area contributed by atoms with Crippen LogP contribution in [0.2, 0.25) is 0 Å². The Bertz CT molecular complexity index is 230. The maximum Gasteiger partial charge on any atom is 0.146 e. The smallest absolute Gasteiger partial charge is 0.146 e. The molecule has 0 aromatic carbocycles. The molecule has 11 heavy (non-hydrogen) atoms. The van der Waals surface area contributed by atoms with Crippen molar-refractivity contribution in [2.45, 2.75) is 19.4 Å². The van der Waals surface area contributed by atoms with Crippen molar-refractivity contribution in [2.75, 3.05) is 0 Å². The lowest BCUT2D eigenvalue weighted by Crippen LogP contribution is -2.30. The van der Waals surface area contributed by atoms with E-state index in [4.69, 9.17) is 5.73 Å². The Kier molecular flexibility index (Phi) is 2.38. The van der Waals surface area contributed by atoms with Gasteiger partial charge in [-0.05, 0) is 6.92 Å². The Morgan fingerprint density at radius 2 is 2.64 bits per heavy atom. The first-order valence-electron chi connectivity index (χ1n) is 3.43. The van der Waals surface area contributed by atoms with Gasteiger partial charge in [0.15, 0.2) is 0 Å². The van der Waals surface area contributed by atoms with Gasteiger partial charge in [0.05, 0.1) is 12.4 Å². The number of H-pyrrole nitrogens is 1. The molecule has 0 bridgehead atoms. The van der Waals surface area contributed by atoms with Crippen molar-refractivity contribution in [3.05, 3.63) is 18.2 Å². The molecule has 0 spiro atoms. The van der Waals surface area contributed by atoms with Crippen LogP contribution in [0.3, 0.4) is 0 Å². The molecule has 4 heteroatoms.